The Morgan fingerprint density at radius 2 is 2.17 bits per heavy atom. The molecule has 5 N–H and O–H groups in total. The molecule has 0 saturated heterocycles. The lowest BCUT2D eigenvalue weighted by molar-refractivity contribution is -0.107. The summed E-state index contributed by atoms with van der Waals surface area (Å²) in [7, 11) is 0. The van der Waals surface area contributed by atoms with Crippen molar-refractivity contribution in [1.29, 1.82) is 0 Å². The quantitative estimate of drug-likeness (QED) is 0.310. The van der Waals surface area contributed by atoms with Crippen LogP contribution in [0.2, 0.25) is 5.02 Å². The van der Waals surface area contributed by atoms with Crippen molar-refractivity contribution in [1.82, 2.24) is 4.98 Å². The number of carbonyl (C=O) groups excluding carboxylic acids is 2. The van der Waals surface area contributed by atoms with E-state index in [1.807, 2.05) is 6.92 Å². The number of nitrogens with two attached hydrogens (primary N) is 2. The summed E-state index contributed by atoms with van der Waals surface area (Å²) in [5, 5.41) is 1.25. The van der Waals surface area contributed by atoms with Crippen LogP contribution in [0.3, 0.4) is 0 Å². The predicted molar refractivity (Wildman–Crippen MR) is 88.3 cm³/mol. The molecule has 0 bridgehead atoms. The van der Waals surface area contributed by atoms with Crippen molar-refractivity contribution in [2.75, 3.05) is 11.6 Å². The first kappa shape index (κ1) is 16.9. The van der Waals surface area contributed by atoms with E-state index in [0.29, 0.717) is 35.0 Å². The minimum Gasteiger partial charge on any atom is -0.493 e. The zero-order chi connectivity index (χ0) is 17.0. The van der Waals surface area contributed by atoms with Gasteiger partial charge in [0, 0.05) is 10.6 Å². The average molecular weight is 337 g/mol. The Morgan fingerprint density at radius 1 is 1.43 bits per heavy atom. The number of primary amides is 1. The lowest BCUT2D eigenvalue weighted by atomic mass is 10.1. The van der Waals surface area contributed by atoms with Crippen molar-refractivity contribution < 1.29 is 14.3 Å². The normalized spacial score (nSPS) is 10.4. The van der Waals surface area contributed by atoms with Crippen molar-refractivity contribution >= 4 is 29.7 Å². The van der Waals surface area contributed by atoms with Crippen LogP contribution in [0.15, 0.2) is 24.3 Å². The fraction of sp³-hybridized carbons (Fsp3) is 0.200. The Morgan fingerprint density at radius 3 is 2.78 bits per heavy atom. The number of hydrogen-bond donors (Lipinski definition) is 3. The third-order valence-electron chi connectivity index (χ3n) is 3.13. The molecule has 0 atom stereocenters. The van der Waals surface area contributed by atoms with Crippen LogP contribution in [0.25, 0.3) is 11.3 Å². The summed E-state index contributed by atoms with van der Waals surface area (Å²) in [6, 6.07) is 6.63. The van der Waals surface area contributed by atoms with Gasteiger partial charge in [0.1, 0.15) is 11.6 Å². The van der Waals surface area contributed by atoms with Crippen LogP contribution < -0.4 is 21.3 Å². The molecule has 23 heavy (non-hydrogen) atoms. The molecule has 8 heteroatoms. The van der Waals surface area contributed by atoms with E-state index in [2.05, 4.69) is 4.98 Å². The highest BCUT2D eigenvalue weighted by Crippen LogP contribution is 2.34. The van der Waals surface area contributed by atoms with E-state index in [-0.39, 0.29) is 11.4 Å². The maximum Gasteiger partial charge on any atom is 0.252 e. The van der Waals surface area contributed by atoms with Crippen LogP contribution in [0.1, 0.15) is 23.7 Å². The summed E-state index contributed by atoms with van der Waals surface area (Å²) >= 11 is 6.05. The maximum atomic E-state index is 11.6. The largest absolute Gasteiger partial charge is 0.493 e. The van der Waals surface area contributed by atoms with Gasteiger partial charge in [0.15, 0.2) is 0 Å². The molecule has 0 aliphatic heterocycles. The molecular formula is C15H17ClN4O3. The van der Waals surface area contributed by atoms with Crippen molar-refractivity contribution in [3.8, 4) is 17.0 Å². The molecule has 0 spiro atoms. The van der Waals surface area contributed by atoms with Gasteiger partial charge >= 0.3 is 0 Å². The Bertz CT molecular complexity index is 730. The summed E-state index contributed by atoms with van der Waals surface area (Å²) in [5.41, 5.74) is 6.58. The van der Waals surface area contributed by atoms with E-state index >= 15 is 0 Å². The molecular weight excluding hydrogens is 320 g/mol. The number of amides is 2. The molecule has 0 unspecified atom stereocenters. The van der Waals surface area contributed by atoms with E-state index in [9.17, 15) is 9.59 Å². The second-order valence-corrected chi connectivity index (χ2v) is 5.25. The van der Waals surface area contributed by atoms with Gasteiger partial charge in [-0.2, -0.15) is 0 Å². The number of anilines is 1. The van der Waals surface area contributed by atoms with Gasteiger partial charge in [-0.05, 0) is 30.7 Å². The van der Waals surface area contributed by atoms with Crippen molar-refractivity contribution in [3.63, 3.8) is 0 Å². The second kappa shape index (κ2) is 7.17. The van der Waals surface area contributed by atoms with E-state index in [1.165, 1.54) is 6.07 Å². The fourth-order valence-electron chi connectivity index (χ4n) is 2.08. The van der Waals surface area contributed by atoms with Crippen LogP contribution in [0.4, 0.5) is 5.82 Å². The number of nitrogens with one attached hydrogen (secondary N) is 1. The number of carbonyl (C=O) groups is 2. The Balaban J connectivity index is 2.55. The van der Waals surface area contributed by atoms with E-state index in [4.69, 9.17) is 27.9 Å². The van der Waals surface area contributed by atoms with Crippen LogP contribution in [-0.2, 0) is 4.79 Å². The molecule has 1 heterocycles. The number of halogens is 1. The molecule has 2 amide bonds. The van der Waals surface area contributed by atoms with Crippen LogP contribution >= 0.6 is 11.6 Å². The molecule has 1 aromatic carbocycles. The molecule has 2 aromatic rings. The smallest absolute Gasteiger partial charge is 0.252 e. The van der Waals surface area contributed by atoms with Gasteiger partial charge in [-0.25, -0.2) is 10.9 Å². The molecule has 0 aliphatic rings. The number of hydrazine groups is 1. The van der Waals surface area contributed by atoms with Crippen molar-refractivity contribution in [2.45, 2.75) is 13.3 Å². The molecule has 7 nitrogen and oxygen atoms in total. The molecule has 0 aliphatic carbocycles. The highest BCUT2D eigenvalue weighted by molar-refractivity contribution is 6.31. The van der Waals surface area contributed by atoms with E-state index in [1.54, 1.807) is 18.2 Å². The number of hydrogen-bond acceptors (Lipinski definition) is 4. The minimum absolute atomic E-state index is 0.0935. The summed E-state index contributed by atoms with van der Waals surface area (Å²) < 4.78 is 5.68. The zero-order valence-corrected chi connectivity index (χ0v) is 13.3. The van der Waals surface area contributed by atoms with Gasteiger partial charge in [0.25, 0.3) is 5.91 Å². The summed E-state index contributed by atoms with van der Waals surface area (Å²) in [6.45, 7) is 2.52. The first-order chi connectivity index (χ1) is 11.0. The molecule has 122 valence electrons. The Kier molecular flexibility index (Phi) is 5.25. The number of aromatic amines is 1. The average Bonchev–Trinajstić information content (AvgIpc) is 2.98. The topological polar surface area (TPSA) is 114 Å². The lowest BCUT2D eigenvalue weighted by Gasteiger charge is -2.11. The summed E-state index contributed by atoms with van der Waals surface area (Å²) in [4.78, 5) is 25.3. The van der Waals surface area contributed by atoms with Gasteiger partial charge in [-0.1, -0.05) is 18.5 Å². The first-order valence-electron chi connectivity index (χ1n) is 6.92. The number of rotatable bonds is 7. The highest BCUT2D eigenvalue weighted by Gasteiger charge is 2.19. The van der Waals surface area contributed by atoms with Gasteiger partial charge < -0.3 is 15.5 Å². The minimum atomic E-state index is -0.710. The SMILES string of the molecule is CCCOc1ccc(Cl)cc1-c1cc(C(N)=O)c(N(N)C=O)[nH]1. The third kappa shape index (κ3) is 3.64. The van der Waals surface area contributed by atoms with Gasteiger partial charge in [0.2, 0.25) is 6.41 Å². The van der Waals surface area contributed by atoms with Crippen LogP contribution in [0.5, 0.6) is 5.75 Å². The lowest BCUT2D eigenvalue weighted by Crippen LogP contribution is -2.31. The van der Waals surface area contributed by atoms with Gasteiger partial charge in [0.05, 0.1) is 17.9 Å². The number of ether oxygens (including phenoxy) is 1. The zero-order valence-electron chi connectivity index (χ0n) is 12.5. The summed E-state index contributed by atoms with van der Waals surface area (Å²) in [6.07, 6.45) is 1.21. The number of H-pyrrole nitrogens is 1. The monoisotopic (exact) mass is 336 g/mol. The van der Waals surface area contributed by atoms with Gasteiger partial charge in [-0.15, -0.1) is 0 Å². The molecule has 2 rings (SSSR count). The summed E-state index contributed by atoms with van der Waals surface area (Å²) in [5.74, 6) is 5.52. The molecule has 1 aromatic heterocycles. The first-order valence-corrected chi connectivity index (χ1v) is 7.30. The van der Waals surface area contributed by atoms with Crippen LogP contribution in [-0.4, -0.2) is 23.9 Å². The maximum absolute atomic E-state index is 11.6. The van der Waals surface area contributed by atoms with Crippen molar-refractivity contribution in [3.05, 3.63) is 34.9 Å². The highest BCUT2D eigenvalue weighted by atomic mass is 35.5. The molecule has 0 saturated carbocycles. The standard InChI is InChI=1S/C15H17ClN4O3/c1-2-5-23-13-4-3-9(16)6-10(13)12-7-11(14(17)22)15(19-12)20(18)8-21/h3-4,6-8,19H,2,5,18H2,1H3,(H2,17,22). The number of benzene rings is 1. The number of nitrogens with zero attached hydrogens (tertiary/aromatic N) is 1. The van der Waals surface area contributed by atoms with E-state index < -0.39 is 5.91 Å². The predicted octanol–water partition coefficient (Wildman–Crippen LogP) is 2.06. The Hall–Kier alpha value is -2.51. The van der Waals surface area contributed by atoms with Crippen LogP contribution in [0, 0.1) is 0 Å². The second-order valence-electron chi connectivity index (χ2n) is 4.81. The third-order valence-corrected chi connectivity index (χ3v) is 3.36. The van der Waals surface area contributed by atoms with E-state index in [0.717, 1.165) is 11.4 Å². The van der Waals surface area contributed by atoms with Gasteiger partial charge in [-0.3, -0.25) is 9.59 Å². The Labute approximate surface area is 138 Å². The molecule has 0 radical (unpaired) electrons. The van der Waals surface area contributed by atoms with Crippen molar-refractivity contribution in [2.24, 2.45) is 11.6 Å². The number of aromatic nitrogens is 1. The molecule has 0 fully saturated rings. The fourth-order valence-corrected chi connectivity index (χ4v) is 2.26.